The number of carboxylic acids is 1. The molecule has 5 heterocycles. The standard InChI is InChI=1S/C25H30N4O4/c30-23(31)14-21(18-13-22-20(27-15-18)9-12-33-22)29-11-8-17(25(29)32)3-1-5-19-7-6-16-4-2-10-26-24(16)28-19/h4,6-7,13,15,17,19,21H,1-3,5,8-12,14H2,(H,26,28)(H,30,31). The quantitative estimate of drug-likeness (QED) is 0.631. The lowest BCUT2D eigenvalue weighted by Gasteiger charge is -2.27. The molecule has 0 aromatic carbocycles. The zero-order valence-electron chi connectivity index (χ0n) is 18.7. The highest BCUT2D eigenvalue weighted by Gasteiger charge is 2.37. The summed E-state index contributed by atoms with van der Waals surface area (Å²) < 4.78 is 5.61. The van der Waals surface area contributed by atoms with E-state index in [4.69, 9.17) is 9.73 Å². The summed E-state index contributed by atoms with van der Waals surface area (Å²) in [5.74, 6) is 0.750. The number of carbonyl (C=O) groups excluding carboxylic acids is 1. The number of nitrogens with zero attached hydrogens (tertiary/aromatic N) is 3. The Hall–Kier alpha value is -3.16. The van der Waals surface area contributed by atoms with Gasteiger partial charge in [0.1, 0.15) is 11.6 Å². The Bertz CT molecular complexity index is 1030. The lowest BCUT2D eigenvalue weighted by molar-refractivity contribution is -0.140. The third-order valence-corrected chi connectivity index (χ3v) is 6.95. The molecule has 4 aliphatic heterocycles. The number of hydrogen-bond acceptors (Lipinski definition) is 6. The number of carbonyl (C=O) groups is 2. The molecule has 0 bridgehead atoms. The molecule has 0 radical (unpaired) electrons. The number of hydrogen-bond donors (Lipinski definition) is 2. The van der Waals surface area contributed by atoms with E-state index in [1.165, 1.54) is 5.57 Å². The topological polar surface area (TPSA) is 104 Å². The third kappa shape index (κ3) is 4.65. The first-order valence-corrected chi connectivity index (χ1v) is 11.9. The average Bonchev–Trinajstić information content (AvgIpc) is 3.43. The first-order chi connectivity index (χ1) is 16.1. The van der Waals surface area contributed by atoms with Crippen LogP contribution in [0.2, 0.25) is 0 Å². The van der Waals surface area contributed by atoms with Crippen molar-refractivity contribution in [1.82, 2.24) is 15.2 Å². The van der Waals surface area contributed by atoms with Crippen molar-refractivity contribution < 1.29 is 19.4 Å². The molecule has 1 aromatic rings. The summed E-state index contributed by atoms with van der Waals surface area (Å²) in [6.45, 7) is 2.09. The number of aliphatic carboxylic acids is 1. The molecule has 8 heteroatoms. The highest BCUT2D eigenvalue weighted by Crippen LogP contribution is 2.36. The predicted molar refractivity (Wildman–Crippen MR) is 123 cm³/mol. The molecule has 1 fully saturated rings. The monoisotopic (exact) mass is 450 g/mol. The summed E-state index contributed by atoms with van der Waals surface area (Å²) in [6, 6.07) is 1.49. The first kappa shape index (κ1) is 21.7. The SMILES string of the molecule is O=C(O)CC(c1cnc2c(c1)OCC2)N1CCC(CCCC2C=CC3=CCCNC3=N2)C1=O. The highest BCUT2D eigenvalue weighted by atomic mass is 16.5. The van der Waals surface area contributed by atoms with Crippen molar-refractivity contribution in [2.24, 2.45) is 10.9 Å². The number of rotatable bonds is 8. The van der Waals surface area contributed by atoms with Crippen molar-refractivity contribution in [3.05, 3.63) is 47.3 Å². The van der Waals surface area contributed by atoms with Gasteiger partial charge in [0.25, 0.3) is 0 Å². The highest BCUT2D eigenvalue weighted by molar-refractivity contribution is 6.02. The molecule has 1 aromatic heterocycles. The molecule has 1 saturated heterocycles. The van der Waals surface area contributed by atoms with Crippen LogP contribution < -0.4 is 10.1 Å². The number of amidine groups is 1. The Morgan fingerprint density at radius 2 is 2.27 bits per heavy atom. The average molecular weight is 451 g/mol. The Labute approximate surface area is 193 Å². The van der Waals surface area contributed by atoms with Crippen LogP contribution in [0.3, 0.4) is 0 Å². The maximum absolute atomic E-state index is 13.2. The van der Waals surface area contributed by atoms with Crippen LogP contribution in [0.4, 0.5) is 0 Å². The van der Waals surface area contributed by atoms with Crippen LogP contribution >= 0.6 is 0 Å². The molecular weight excluding hydrogens is 420 g/mol. The van der Waals surface area contributed by atoms with E-state index in [1.54, 1.807) is 11.1 Å². The second-order valence-electron chi connectivity index (χ2n) is 9.15. The fourth-order valence-electron chi connectivity index (χ4n) is 5.20. The molecule has 0 saturated carbocycles. The van der Waals surface area contributed by atoms with E-state index in [0.717, 1.165) is 62.2 Å². The Morgan fingerprint density at radius 3 is 3.15 bits per heavy atom. The van der Waals surface area contributed by atoms with Crippen LogP contribution in [-0.4, -0.2) is 58.4 Å². The maximum Gasteiger partial charge on any atom is 0.305 e. The van der Waals surface area contributed by atoms with Crippen LogP contribution in [0.15, 0.2) is 41.1 Å². The lowest BCUT2D eigenvalue weighted by Crippen LogP contribution is -2.33. The van der Waals surface area contributed by atoms with Gasteiger partial charge in [-0.2, -0.15) is 0 Å². The largest absolute Gasteiger partial charge is 0.491 e. The molecule has 0 spiro atoms. The van der Waals surface area contributed by atoms with Crippen molar-refractivity contribution in [3.8, 4) is 5.75 Å². The molecule has 1 amide bonds. The van der Waals surface area contributed by atoms with Crippen molar-refractivity contribution in [3.63, 3.8) is 0 Å². The molecule has 2 N–H and O–H groups in total. The summed E-state index contributed by atoms with van der Waals surface area (Å²) in [5.41, 5.74) is 2.80. The number of nitrogens with one attached hydrogen (secondary N) is 1. The molecule has 8 nitrogen and oxygen atoms in total. The van der Waals surface area contributed by atoms with Crippen LogP contribution in [-0.2, 0) is 16.0 Å². The molecule has 3 atom stereocenters. The summed E-state index contributed by atoms with van der Waals surface area (Å²) in [5, 5.41) is 12.9. The number of pyridine rings is 1. The minimum Gasteiger partial charge on any atom is -0.491 e. The molecule has 174 valence electrons. The van der Waals surface area contributed by atoms with E-state index in [9.17, 15) is 14.7 Å². The number of likely N-dealkylation sites (tertiary alicyclic amines) is 1. The number of dihydropyridines is 1. The van der Waals surface area contributed by atoms with Gasteiger partial charge in [0.05, 0.1) is 30.8 Å². The van der Waals surface area contributed by atoms with Crippen molar-refractivity contribution in [2.75, 3.05) is 19.7 Å². The zero-order valence-corrected chi connectivity index (χ0v) is 18.7. The van der Waals surface area contributed by atoms with Crippen molar-refractivity contribution >= 4 is 17.7 Å². The number of fused-ring (bicyclic) bond motifs is 2. The van der Waals surface area contributed by atoms with Gasteiger partial charge >= 0.3 is 5.97 Å². The van der Waals surface area contributed by atoms with Gasteiger partial charge in [-0.1, -0.05) is 24.6 Å². The minimum absolute atomic E-state index is 0.0485. The number of ether oxygens (including phenoxy) is 1. The van der Waals surface area contributed by atoms with Gasteiger partial charge < -0.3 is 20.1 Å². The number of amides is 1. The number of aliphatic imine (C=N–C) groups is 1. The van der Waals surface area contributed by atoms with Crippen LogP contribution in [0.25, 0.3) is 0 Å². The second kappa shape index (κ2) is 9.37. The van der Waals surface area contributed by atoms with Crippen LogP contribution in [0.1, 0.15) is 55.8 Å². The minimum atomic E-state index is -0.925. The number of aromatic nitrogens is 1. The molecule has 5 rings (SSSR count). The Morgan fingerprint density at radius 1 is 1.36 bits per heavy atom. The van der Waals surface area contributed by atoms with E-state index < -0.39 is 12.0 Å². The van der Waals surface area contributed by atoms with Gasteiger partial charge in [0.15, 0.2) is 0 Å². The molecular formula is C25H30N4O4. The smallest absolute Gasteiger partial charge is 0.305 e. The van der Waals surface area contributed by atoms with Crippen LogP contribution in [0, 0.1) is 5.92 Å². The summed E-state index contributed by atoms with van der Waals surface area (Å²) in [6.07, 6.45) is 13.2. The van der Waals surface area contributed by atoms with Crippen LogP contribution in [0.5, 0.6) is 5.75 Å². The summed E-state index contributed by atoms with van der Waals surface area (Å²) >= 11 is 0. The number of carboxylic acid groups (broad SMARTS) is 1. The van der Waals surface area contributed by atoms with E-state index in [2.05, 4.69) is 28.5 Å². The second-order valence-corrected chi connectivity index (χ2v) is 9.15. The molecule has 0 aliphatic carbocycles. The molecule has 33 heavy (non-hydrogen) atoms. The van der Waals surface area contributed by atoms with Crippen molar-refractivity contribution in [2.45, 2.75) is 57.0 Å². The summed E-state index contributed by atoms with van der Waals surface area (Å²) in [4.78, 5) is 35.8. The van der Waals surface area contributed by atoms with E-state index >= 15 is 0 Å². The molecule has 4 aliphatic rings. The van der Waals surface area contributed by atoms with Gasteiger partial charge in [-0.05, 0) is 37.3 Å². The van der Waals surface area contributed by atoms with Gasteiger partial charge in [0.2, 0.25) is 5.91 Å². The fraction of sp³-hybridized carbons (Fsp3) is 0.520. The maximum atomic E-state index is 13.2. The summed E-state index contributed by atoms with van der Waals surface area (Å²) in [7, 11) is 0. The predicted octanol–water partition coefficient (Wildman–Crippen LogP) is 2.81. The normalized spacial score (nSPS) is 24.4. The van der Waals surface area contributed by atoms with Gasteiger partial charge in [-0.15, -0.1) is 0 Å². The van der Waals surface area contributed by atoms with E-state index in [0.29, 0.717) is 18.9 Å². The molecule has 3 unspecified atom stereocenters. The van der Waals surface area contributed by atoms with Gasteiger partial charge in [-0.25, -0.2) is 0 Å². The third-order valence-electron chi connectivity index (χ3n) is 6.95. The van der Waals surface area contributed by atoms with Gasteiger partial charge in [-0.3, -0.25) is 19.6 Å². The first-order valence-electron chi connectivity index (χ1n) is 11.9. The lowest BCUT2D eigenvalue weighted by atomic mass is 9.96. The Balaban J connectivity index is 1.20. The van der Waals surface area contributed by atoms with E-state index in [1.807, 2.05) is 6.07 Å². The zero-order chi connectivity index (χ0) is 22.8. The fourth-order valence-corrected chi connectivity index (χ4v) is 5.20. The van der Waals surface area contributed by atoms with Gasteiger partial charge in [0, 0.05) is 37.2 Å². The van der Waals surface area contributed by atoms with E-state index in [-0.39, 0.29) is 24.3 Å². The van der Waals surface area contributed by atoms with Crippen molar-refractivity contribution in [1.29, 1.82) is 0 Å². The Kier molecular flexibility index (Phi) is 6.15.